The van der Waals surface area contributed by atoms with E-state index in [1.807, 2.05) is 0 Å². The van der Waals surface area contributed by atoms with Crippen LogP contribution in [0.4, 0.5) is 10.1 Å². The van der Waals surface area contributed by atoms with Crippen LogP contribution in [0.3, 0.4) is 0 Å². The summed E-state index contributed by atoms with van der Waals surface area (Å²) >= 11 is 3.26. The van der Waals surface area contributed by atoms with Gasteiger partial charge in [-0.15, -0.1) is 0 Å². The molecule has 1 aromatic heterocycles. The lowest BCUT2D eigenvalue weighted by molar-refractivity contribution is 0.102. The van der Waals surface area contributed by atoms with Crippen molar-refractivity contribution in [2.24, 2.45) is 0 Å². The zero-order chi connectivity index (χ0) is 14.0. The van der Waals surface area contributed by atoms with E-state index < -0.39 is 0 Å². The smallest absolute Gasteiger partial charge is 0.255 e. The number of amides is 1. The Morgan fingerprint density at radius 2 is 2.00 bits per heavy atom. The average molecular weight is 323 g/mol. The zero-order valence-corrected chi connectivity index (χ0v) is 12.1. The molecule has 0 spiro atoms. The van der Waals surface area contributed by atoms with Crippen LogP contribution in [0.25, 0.3) is 0 Å². The lowest BCUT2D eigenvalue weighted by Gasteiger charge is -2.09. The fourth-order valence-corrected chi connectivity index (χ4v) is 2.13. The van der Waals surface area contributed by atoms with Gasteiger partial charge in [-0.1, -0.05) is 0 Å². The van der Waals surface area contributed by atoms with Gasteiger partial charge in [0, 0.05) is 5.56 Å². The van der Waals surface area contributed by atoms with E-state index >= 15 is 0 Å². The second-order valence-electron chi connectivity index (χ2n) is 4.18. The van der Waals surface area contributed by atoms with Crippen molar-refractivity contribution in [3.8, 4) is 0 Å². The summed E-state index contributed by atoms with van der Waals surface area (Å²) in [4.78, 5) is 16.3. The SMILES string of the molecule is Cc1cc(F)ccc1C(=O)Nc1ccc(Br)nc1C. The predicted molar refractivity (Wildman–Crippen MR) is 75.8 cm³/mol. The molecule has 0 aliphatic heterocycles. The van der Waals surface area contributed by atoms with Crippen molar-refractivity contribution in [1.82, 2.24) is 4.98 Å². The Morgan fingerprint density at radius 1 is 1.26 bits per heavy atom. The zero-order valence-electron chi connectivity index (χ0n) is 10.5. The van der Waals surface area contributed by atoms with Crippen LogP contribution in [0.2, 0.25) is 0 Å². The van der Waals surface area contributed by atoms with Crippen molar-refractivity contribution in [3.05, 3.63) is 57.6 Å². The maximum Gasteiger partial charge on any atom is 0.255 e. The number of aromatic nitrogens is 1. The van der Waals surface area contributed by atoms with Crippen LogP contribution in [0, 0.1) is 19.7 Å². The summed E-state index contributed by atoms with van der Waals surface area (Å²) in [6.07, 6.45) is 0. The number of halogens is 2. The molecule has 5 heteroatoms. The predicted octanol–water partition coefficient (Wildman–Crippen LogP) is 3.85. The molecule has 2 aromatic rings. The highest BCUT2D eigenvalue weighted by Crippen LogP contribution is 2.18. The number of benzene rings is 1. The molecule has 19 heavy (non-hydrogen) atoms. The Balaban J connectivity index is 2.25. The molecule has 3 nitrogen and oxygen atoms in total. The third-order valence-corrected chi connectivity index (χ3v) is 3.17. The van der Waals surface area contributed by atoms with Crippen molar-refractivity contribution < 1.29 is 9.18 Å². The van der Waals surface area contributed by atoms with Crippen LogP contribution in [0.15, 0.2) is 34.9 Å². The highest BCUT2D eigenvalue weighted by Gasteiger charge is 2.11. The summed E-state index contributed by atoms with van der Waals surface area (Å²) in [6, 6.07) is 7.60. The fourth-order valence-electron chi connectivity index (χ4n) is 1.73. The van der Waals surface area contributed by atoms with Crippen molar-refractivity contribution in [1.29, 1.82) is 0 Å². The largest absolute Gasteiger partial charge is 0.320 e. The molecule has 0 aliphatic rings. The molecule has 0 fully saturated rings. The van der Waals surface area contributed by atoms with Gasteiger partial charge in [0.1, 0.15) is 10.4 Å². The Hall–Kier alpha value is -1.75. The first-order chi connectivity index (χ1) is 8.97. The van der Waals surface area contributed by atoms with E-state index in [4.69, 9.17) is 0 Å². The van der Waals surface area contributed by atoms with Gasteiger partial charge in [-0.2, -0.15) is 0 Å². The number of rotatable bonds is 2. The van der Waals surface area contributed by atoms with E-state index in [2.05, 4.69) is 26.2 Å². The standard InChI is InChI=1S/C14H12BrFN2O/c1-8-7-10(16)3-4-11(8)14(19)18-12-5-6-13(15)17-9(12)2/h3-7H,1-2H3,(H,18,19). The summed E-state index contributed by atoms with van der Waals surface area (Å²) in [5.41, 5.74) is 2.39. The Morgan fingerprint density at radius 3 is 2.63 bits per heavy atom. The number of nitrogens with one attached hydrogen (secondary N) is 1. The number of nitrogens with zero attached hydrogens (tertiary/aromatic N) is 1. The first-order valence-electron chi connectivity index (χ1n) is 5.68. The maximum absolute atomic E-state index is 13.0. The van der Waals surface area contributed by atoms with E-state index in [1.165, 1.54) is 18.2 Å². The van der Waals surface area contributed by atoms with E-state index in [9.17, 15) is 9.18 Å². The number of anilines is 1. The average Bonchev–Trinajstić information content (AvgIpc) is 2.32. The number of pyridine rings is 1. The van der Waals surface area contributed by atoms with E-state index in [-0.39, 0.29) is 11.7 Å². The third-order valence-electron chi connectivity index (χ3n) is 2.73. The van der Waals surface area contributed by atoms with Gasteiger partial charge < -0.3 is 5.32 Å². The van der Waals surface area contributed by atoms with Crippen LogP contribution in [-0.2, 0) is 0 Å². The summed E-state index contributed by atoms with van der Waals surface area (Å²) in [5, 5.41) is 2.77. The first kappa shape index (κ1) is 13.7. The van der Waals surface area contributed by atoms with Gasteiger partial charge in [-0.05, 0) is 65.7 Å². The van der Waals surface area contributed by atoms with Gasteiger partial charge in [-0.25, -0.2) is 9.37 Å². The van der Waals surface area contributed by atoms with E-state index in [0.29, 0.717) is 27.1 Å². The lowest BCUT2D eigenvalue weighted by Crippen LogP contribution is -2.14. The van der Waals surface area contributed by atoms with Gasteiger partial charge >= 0.3 is 0 Å². The van der Waals surface area contributed by atoms with Gasteiger partial charge in [-0.3, -0.25) is 4.79 Å². The minimum absolute atomic E-state index is 0.273. The lowest BCUT2D eigenvalue weighted by atomic mass is 10.1. The summed E-state index contributed by atoms with van der Waals surface area (Å²) in [7, 11) is 0. The number of hydrogen-bond acceptors (Lipinski definition) is 2. The minimum Gasteiger partial charge on any atom is -0.320 e. The molecule has 0 radical (unpaired) electrons. The Kier molecular flexibility index (Phi) is 3.95. The Labute approximate surface area is 119 Å². The van der Waals surface area contributed by atoms with Gasteiger partial charge in [0.2, 0.25) is 0 Å². The molecule has 98 valence electrons. The molecule has 1 amide bonds. The molecule has 1 aromatic carbocycles. The highest BCUT2D eigenvalue weighted by molar-refractivity contribution is 9.10. The second-order valence-corrected chi connectivity index (χ2v) is 4.99. The number of carbonyl (C=O) groups excluding carboxylic acids is 1. The topological polar surface area (TPSA) is 42.0 Å². The van der Waals surface area contributed by atoms with Gasteiger partial charge in [0.05, 0.1) is 11.4 Å². The van der Waals surface area contributed by atoms with Gasteiger partial charge in [0.15, 0.2) is 0 Å². The van der Waals surface area contributed by atoms with Crippen LogP contribution in [0.5, 0.6) is 0 Å². The quantitative estimate of drug-likeness (QED) is 0.853. The van der Waals surface area contributed by atoms with E-state index in [1.54, 1.807) is 26.0 Å². The Bertz CT molecular complexity index is 643. The second kappa shape index (κ2) is 5.48. The molecule has 0 unspecified atom stereocenters. The van der Waals surface area contributed by atoms with Crippen molar-refractivity contribution in [2.45, 2.75) is 13.8 Å². The highest BCUT2D eigenvalue weighted by atomic mass is 79.9. The van der Waals surface area contributed by atoms with Gasteiger partial charge in [0.25, 0.3) is 5.91 Å². The first-order valence-corrected chi connectivity index (χ1v) is 6.47. The van der Waals surface area contributed by atoms with E-state index in [0.717, 1.165) is 0 Å². The molecular weight excluding hydrogens is 311 g/mol. The third kappa shape index (κ3) is 3.17. The molecule has 0 atom stereocenters. The number of aryl methyl sites for hydroxylation is 2. The molecule has 1 heterocycles. The monoisotopic (exact) mass is 322 g/mol. The van der Waals surface area contributed by atoms with Crippen LogP contribution >= 0.6 is 15.9 Å². The summed E-state index contributed by atoms with van der Waals surface area (Å²) in [5.74, 6) is -0.625. The van der Waals surface area contributed by atoms with Crippen molar-refractivity contribution in [3.63, 3.8) is 0 Å². The minimum atomic E-state index is -0.351. The molecule has 0 saturated carbocycles. The van der Waals surface area contributed by atoms with Crippen LogP contribution in [0.1, 0.15) is 21.6 Å². The van der Waals surface area contributed by atoms with Crippen LogP contribution in [-0.4, -0.2) is 10.9 Å². The normalized spacial score (nSPS) is 10.3. The molecule has 0 aliphatic carbocycles. The number of carbonyl (C=O) groups is 1. The van der Waals surface area contributed by atoms with Crippen molar-refractivity contribution in [2.75, 3.05) is 5.32 Å². The van der Waals surface area contributed by atoms with Crippen LogP contribution < -0.4 is 5.32 Å². The molecule has 1 N–H and O–H groups in total. The fraction of sp³-hybridized carbons (Fsp3) is 0.143. The molecular formula is C14H12BrFN2O. The summed E-state index contributed by atoms with van der Waals surface area (Å²) < 4.78 is 13.7. The molecule has 2 rings (SSSR count). The number of hydrogen-bond donors (Lipinski definition) is 1. The maximum atomic E-state index is 13.0. The molecule has 0 bridgehead atoms. The molecule has 0 saturated heterocycles. The summed E-state index contributed by atoms with van der Waals surface area (Å²) in [6.45, 7) is 3.50. The van der Waals surface area contributed by atoms with Crippen molar-refractivity contribution >= 4 is 27.5 Å².